The maximum Gasteiger partial charge on any atom is 0.243 e. The Hall–Kier alpha value is -2.18. The molecule has 2 aromatic rings. The molecule has 19 heavy (non-hydrogen) atoms. The first kappa shape index (κ1) is 13.3. The summed E-state index contributed by atoms with van der Waals surface area (Å²) in [4.78, 5) is 17.6. The van der Waals surface area contributed by atoms with E-state index in [-0.39, 0.29) is 18.3 Å². The molecular formula is C12H16FN5O. The van der Waals surface area contributed by atoms with E-state index in [9.17, 15) is 9.18 Å². The van der Waals surface area contributed by atoms with Crippen molar-refractivity contribution in [3.8, 4) is 0 Å². The van der Waals surface area contributed by atoms with Crippen LogP contribution in [0.3, 0.4) is 0 Å². The number of hydrogen-bond donors (Lipinski definition) is 1. The number of amides is 1. The van der Waals surface area contributed by atoms with E-state index in [2.05, 4.69) is 15.4 Å². The summed E-state index contributed by atoms with van der Waals surface area (Å²) in [6, 6.07) is 2.84. The summed E-state index contributed by atoms with van der Waals surface area (Å²) in [5.41, 5.74) is 0.527. The van der Waals surface area contributed by atoms with E-state index in [0.717, 1.165) is 0 Å². The van der Waals surface area contributed by atoms with Crippen LogP contribution in [0.4, 0.5) is 10.3 Å². The molecule has 0 aliphatic heterocycles. The minimum Gasteiger partial charge on any atom is -0.344 e. The molecule has 2 aromatic heterocycles. The smallest absolute Gasteiger partial charge is 0.243 e. The van der Waals surface area contributed by atoms with Crippen molar-refractivity contribution in [3.05, 3.63) is 24.1 Å². The number of anilines is 1. The summed E-state index contributed by atoms with van der Waals surface area (Å²) >= 11 is 0. The Labute approximate surface area is 110 Å². The van der Waals surface area contributed by atoms with E-state index in [1.807, 2.05) is 13.8 Å². The lowest BCUT2D eigenvalue weighted by molar-refractivity contribution is -0.128. The molecule has 2 rings (SSSR count). The second kappa shape index (κ2) is 5.64. The monoisotopic (exact) mass is 265 g/mol. The van der Waals surface area contributed by atoms with E-state index in [4.69, 9.17) is 0 Å². The van der Waals surface area contributed by atoms with E-state index < -0.39 is 0 Å². The molecule has 0 aliphatic rings. The van der Waals surface area contributed by atoms with Crippen molar-refractivity contribution >= 4 is 17.5 Å². The zero-order valence-electron chi connectivity index (χ0n) is 10.9. The maximum absolute atomic E-state index is 13.0. The largest absolute Gasteiger partial charge is 0.344 e. The van der Waals surface area contributed by atoms with Crippen LogP contribution in [0.25, 0.3) is 5.65 Å². The van der Waals surface area contributed by atoms with Crippen LogP contribution in [0.2, 0.25) is 0 Å². The first-order chi connectivity index (χ1) is 9.13. The van der Waals surface area contributed by atoms with E-state index in [0.29, 0.717) is 24.7 Å². The van der Waals surface area contributed by atoms with Gasteiger partial charge in [0.1, 0.15) is 5.82 Å². The Morgan fingerprint density at radius 2 is 2.16 bits per heavy atom. The molecule has 0 bridgehead atoms. The van der Waals surface area contributed by atoms with Crippen LogP contribution in [0.1, 0.15) is 13.8 Å². The highest BCUT2D eigenvalue weighted by molar-refractivity contribution is 5.80. The van der Waals surface area contributed by atoms with E-state index in [1.54, 1.807) is 4.90 Å². The van der Waals surface area contributed by atoms with Crippen LogP contribution in [0.5, 0.6) is 0 Å². The van der Waals surface area contributed by atoms with Gasteiger partial charge in [0.05, 0.1) is 12.7 Å². The standard InChI is InChI=1S/C12H16FN5O/c1-3-17(4-2)11(19)7-14-12-15-10-6-5-9(13)8-18(10)16-12/h5-6,8H,3-4,7H2,1-2H3,(H,14,16). The number of likely N-dealkylation sites (N-methyl/N-ethyl adjacent to an activating group) is 1. The van der Waals surface area contributed by atoms with Gasteiger partial charge >= 0.3 is 0 Å². The number of carbonyl (C=O) groups excluding carboxylic acids is 1. The summed E-state index contributed by atoms with van der Waals surface area (Å²) in [6.07, 6.45) is 1.24. The van der Waals surface area contributed by atoms with Gasteiger partial charge in [-0.1, -0.05) is 0 Å². The van der Waals surface area contributed by atoms with Gasteiger partial charge in [0.15, 0.2) is 5.65 Å². The van der Waals surface area contributed by atoms with Gasteiger partial charge in [-0.2, -0.15) is 4.98 Å². The molecule has 0 spiro atoms. The van der Waals surface area contributed by atoms with E-state index >= 15 is 0 Å². The average molecular weight is 265 g/mol. The van der Waals surface area contributed by atoms with Crippen molar-refractivity contribution in [2.24, 2.45) is 0 Å². The third kappa shape index (κ3) is 2.98. The number of rotatable bonds is 5. The third-order valence-electron chi connectivity index (χ3n) is 2.81. The SMILES string of the molecule is CCN(CC)C(=O)CNc1nc2ccc(F)cn2n1. The number of halogens is 1. The van der Waals surface area contributed by atoms with Gasteiger partial charge in [0, 0.05) is 13.1 Å². The minimum atomic E-state index is -0.386. The quantitative estimate of drug-likeness (QED) is 0.881. The average Bonchev–Trinajstić information content (AvgIpc) is 2.79. The Kier molecular flexibility index (Phi) is 3.94. The van der Waals surface area contributed by atoms with Crippen LogP contribution < -0.4 is 5.32 Å². The van der Waals surface area contributed by atoms with Gasteiger partial charge in [-0.15, -0.1) is 5.10 Å². The summed E-state index contributed by atoms with van der Waals surface area (Å²) in [6.45, 7) is 5.31. The fraction of sp³-hybridized carbons (Fsp3) is 0.417. The molecule has 0 saturated heterocycles. The van der Waals surface area contributed by atoms with Crippen molar-refractivity contribution in [2.75, 3.05) is 25.0 Å². The molecule has 1 amide bonds. The second-order valence-corrected chi connectivity index (χ2v) is 4.01. The molecule has 102 valence electrons. The molecule has 0 aliphatic carbocycles. The second-order valence-electron chi connectivity index (χ2n) is 4.01. The minimum absolute atomic E-state index is 0.0185. The predicted molar refractivity (Wildman–Crippen MR) is 69.4 cm³/mol. The molecule has 0 atom stereocenters. The zero-order chi connectivity index (χ0) is 13.8. The number of pyridine rings is 1. The number of hydrogen-bond acceptors (Lipinski definition) is 4. The number of nitrogens with zero attached hydrogens (tertiary/aromatic N) is 4. The zero-order valence-corrected chi connectivity index (χ0v) is 10.9. The van der Waals surface area contributed by atoms with E-state index in [1.165, 1.54) is 22.8 Å². The lowest BCUT2D eigenvalue weighted by atomic mass is 10.4. The number of nitrogens with one attached hydrogen (secondary N) is 1. The molecule has 0 fully saturated rings. The highest BCUT2D eigenvalue weighted by Crippen LogP contribution is 2.06. The normalized spacial score (nSPS) is 10.7. The summed E-state index contributed by atoms with van der Waals surface area (Å²) < 4.78 is 14.3. The molecule has 6 nitrogen and oxygen atoms in total. The predicted octanol–water partition coefficient (Wildman–Crippen LogP) is 1.15. The van der Waals surface area contributed by atoms with Crippen LogP contribution in [-0.2, 0) is 4.79 Å². The first-order valence-corrected chi connectivity index (χ1v) is 6.17. The van der Waals surface area contributed by atoms with Gasteiger partial charge in [-0.25, -0.2) is 8.91 Å². The lowest BCUT2D eigenvalue weighted by Crippen LogP contribution is -2.35. The lowest BCUT2D eigenvalue weighted by Gasteiger charge is -2.18. The summed E-state index contributed by atoms with van der Waals surface area (Å²) in [7, 11) is 0. The van der Waals surface area contributed by atoms with Crippen LogP contribution in [-0.4, -0.2) is 45.0 Å². The molecule has 1 N–H and O–H groups in total. The molecule has 0 radical (unpaired) electrons. The van der Waals surface area contributed by atoms with Gasteiger partial charge in [0.25, 0.3) is 0 Å². The summed E-state index contributed by atoms with van der Waals surface area (Å²) in [5.74, 6) is -0.0932. The van der Waals surface area contributed by atoms with Crippen LogP contribution >= 0.6 is 0 Å². The van der Waals surface area contributed by atoms with Gasteiger partial charge in [-0.05, 0) is 26.0 Å². The fourth-order valence-electron chi connectivity index (χ4n) is 1.78. The summed E-state index contributed by atoms with van der Waals surface area (Å²) in [5, 5.41) is 6.89. The van der Waals surface area contributed by atoms with Gasteiger partial charge < -0.3 is 10.2 Å². The number of aromatic nitrogens is 3. The third-order valence-corrected chi connectivity index (χ3v) is 2.81. The molecule has 0 saturated carbocycles. The Morgan fingerprint density at radius 3 is 2.84 bits per heavy atom. The van der Waals surface area contributed by atoms with Crippen molar-refractivity contribution in [2.45, 2.75) is 13.8 Å². The topological polar surface area (TPSA) is 62.5 Å². The highest BCUT2D eigenvalue weighted by Gasteiger charge is 2.10. The van der Waals surface area contributed by atoms with Crippen LogP contribution in [0, 0.1) is 5.82 Å². The maximum atomic E-state index is 13.0. The Morgan fingerprint density at radius 1 is 1.42 bits per heavy atom. The number of carbonyl (C=O) groups is 1. The Balaban J connectivity index is 2.03. The molecule has 0 aromatic carbocycles. The van der Waals surface area contributed by atoms with Crippen LogP contribution in [0.15, 0.2) is 18.3 Å². The molecular weight excluding hydrogens is 249 g/mol. The van der Waals surface area contributed by atoms with Crippen molar-refractivity contribution in [1.29, 1.82) is 0 Å². The Bertz CT molecular complexity index is 579. The fourth-order valence-corrected chi connectivity index (χ4v) is 1.78. The van der Waals surface area contributed by atoms with Crippen molar-refractivity contribution in [1.82, 2.24) is 19.5 Å². The van der Waals surface area contributed by atoms with Crippen molar-refractivity contribution in [3.63, 3.8) is 0 Å². The highest BCUT2D eigenvalue weighted by atomic mass is 19.1. The molecule has 0 unspecified atom stereocenters. The van der Waals surface area contributed by atoms with Gasteiger partial charge in [-0.3, -0.25) is 4.79 Å². The number of fused-ring (bicyclic) bond motifs is 1. The van der Waals surface area contributed by atoms with Gasteiger partial charge in [0.2, 0.25) is 11.9 Å². The molecule has 7 heteroatoms. The molecule has 2 heterocycles. The first-order valence-electron chi connectivity index (χ1n) is 6.17. The van der Waals surface area contributed by atoms with Crippen molar-refractivity contribution < 1.29 is 9.18 Å².